The lowest BCUT2D eigenvalue weighted by atomic mass is 10.1. The maximum absolute atomic E-state index is 12.8. The van der Waals surface area contributed by atoms with Gasteiger partial charge in [0, 0.05) is 24.7 Å². The third kappa shape index (κ3) is 4.72. The second-order valence-corrected chi connectivity index (χ2v) is 7.85. The fraction of sp³-hybridized carbons (Fsp3) is 0.286. The molecule has 0 saturated carbocycles. The van der Waals surface area contributed by atoms with E-state index in [1.807, 2.05) is 37.3 Å². The van der Waals surface area contributed by atoms with Crippen LogP contribution in [0.5, 0.6) is 0 Å². The molecule has 3 rings (SSSR count). The molecule has 1 atom stereocenters. The Morgan fingerprint density at radius 2 is 2.00 bits per heavy atom. The molecular weight excluding hydrogens is 374 g/mol. The topological polar surface area (TPSA) is 77.1 Å². The Labute approximate surface area is 168 Å². The maximum Gasteiger partial charge on any atom is 0.257 e. The quantitative estimate of drug-likeness (QED) is 0.490. The number of rotatable bonds is 7. The van der Waals surface area contributed by atoms with Crippen molar-refractivity contribution < 1.29 is 9.21 Å². The largest absolute Gasteiger partial charge is 0.467 e. The maximum atomic E-state index is 12.8. The van der Waals surface area contributed by atoms with Crippen LogP contribution in [0.15, 0.2) is 63.1 Å². The molecule has 7 heteroatoms. The minimum absolute atomic E-state index is 0.0814. The Hall–Kier alpha value is -2.80. The summed E-state index contributed by atoms with van der Waals surface area (Å²) in [4.78, 5) is 29.8. The van der Waals surface area contributed by atoms with E-state index < -0.39 is 5.25 Å². The molecule has 1 amide bonds. The van der Waals surface area contributed by atoms with Crippen molar-refractivity contribution in [1.82, 2.24) is 14.9 Å². The summed E-state index contributed by atoms with van der Waals surface area (Å²) in [5.74, 6) is 0.554. The number of benzene rings is 1. The molecule has 6 nitrogen and oxygen atoms in total. The first kappa shape index (κ1) is 19.9. The first-order valence-electron chi connectivity index (χ1n) is 9.03. The average molecular weight is 398 g/mol. The summed E-state index contributed by atoms with van der Waals surface area (Å²) in [5, 5.41) is 2.96. The van der Waals surface area contributed by atoms with E-state index in [1.54, 1.807) is 32.4 Å². The fourth-order valence-electron chi connectivity index (χ4n) is 2.78. The fourth-order valence-corrected chi connectivity index (χ4v) is 3.72. The van der Waals surface area contributed by atoms with E-state index in [2.05, 4.69) is 10.3 Å². The van der Waals surface area contributed by atoms with Crippen LogP contribution in [0, 0.1) is 6.92 Å². The summed E-state index contributed by atoms with van der Waals surface area (Å²) in [6, 6.07) is 13.4. The van der Waals surface area contributed by atoms with E-state index >= 15 is 0 Å². The molecule has 2 aromatic heterocycles. The highest BCUT2D eigenvalue weighted by molar-refractivity contribution is 8.00. The monoisotopic (exact) mass is 397 g/mol. The van der Waals surface area contributed by atoms with Gasteiger partial charge in [-0.3, -0.25) is 14.2 Å². The van der Waals surface area contributed by atoms with Gasteiger partial charge >= 0.3 is 0 Å². The van der Waals surface area contributed by atoms with Gasteiger partial charge in [-0.05, 0) is 31.5 Å². The molecule has 0 radical (unpaired) electrons. The highest BCUT2D eigenvalue weighted by Gasteiger charge is 2.19. The number of amides is 1. The number of carbonyl (C=O) groups is 1. The minimum atomic E-state index is -0.396. The SMILES string of the molecule is Cc1nc(SC(C)C(=O)NCc2ccco2)n(C)c(=O)c1Cc1ccccc1. The predicted octanol–water partition coefficient (Wildman–Crippen LogP) is 3.07. The third-order valence-electron chi connectivity index (χ3n) is 4.44. The van der Waals surface area contributed by atoms with E-state index in [9.17, 15) is 9.59 Å². The van der Waals surface area contributed by atoms with Crippen LogP contribution in [-0.4, -0.2) is 20.7 Å². The third-order valence-corrected chi connectivity index (χ3v) is 5.59. The van der Waals surface area contributed by atoms with Crippen LogP contribution >= 0.6 is 11.8 Å². The number of furan rings is 1. The summed E-state index contributed by atoms with van der Waals surface area (Å²) in [6.45, 7) is 3.96. The van der Waals surface area contributed by atoms with Gasteiger partial charge in [0.05, 0.1) is 18.1 Å². The van der Waals surface area contributed by atoms with E-state index in [0.29, 0.717) is 35.1 Å². The molecule has 0 saturated heterocycles. The number of aryl methyl sites for hydroxylation is 1. The molecule has 0 aliphatic carbocycles. The van der Waals surface area contributed by atoms with Crippen LogP contribution in [-0.2, 0) is 24.8 Å². The van der Waals surface area contributed by atoms with Crippen LogP contribution in [0.2, 0.25) is 0 Å². The number of nitrogens with zero attached hydrogens (tertiary/aromatic N) is 2. The molecule has 0 spiro atoms. The summed E-state index contributed by atoms with van der Waals surface area (Å²) in [7, 11) is 1.69. The van der Waals surface area contributed by atoms with Gasteiger partial charge in [-0.15, -0.1) is 0 Å². The van der Waals surface area contributed by atoms with Crippen LogP contribution in [0.4, 0.5) is 0 Å². The van der Waals surface area contributed by atoms with E-state index in [4.69, 9.17) is 4.42 Å². The zero-order valence-corrected chi connectivity index (χ0v) is 17.0. The molecule has 28 heavy (non-hydrogen) atoms. The molecule has 1 aromatic carbocycles. The zero-order valence-electron chi connectivity index (χ0n) is 16.1. The first-order chi connectivity index (χ1) is 13.5. The number of nitrogens with one attached hydrogen (secondary N) is 1. The van der Waals surface area contributed by atoms with Crippen molar-refractivity contribution in [3.8, 4) is 0 Å². The van der Waals surface area contributed by atoms with E-state index in [-0.39, 0.29) is 11.5 Å². The van der Waals surface area contributed by atoms with Gasteiger partial charge in [-0.2, -0.15) is 0 Å². The van der Waals surface area contributed by atoms with Gasteiger partial charge in [0.1, 0.15) is 5.76 Å². The van der Waals surface area contributed by atoms with Crippen molar-refractivity contribution in [1.29, 1.82) is 0 Å². The summed E-state index contributed by atoms with van der Waals surface area (Å²) in [5.41, 5.74) is 2.35. The van der Waals surface area contributed by atoms with Crippen molar-refractivity contribution in [3.63, 3.8) is 0 Å². The molecule has 0 bridgehead atoms. The van der Waals surface area contributed by atoms with Crippen molar-refractivity contribution in [3.05, 3.63) is 81.7 Å². The summed E-state index contributed by atoms with van der Waals surface area (Å²) >= 11 is 1.27. The Kier molecular flexibility index (Phi) is 6.36. The molecule has 0 fully saturated rings. The molecule has 0 aliphatic heterocycles. The van der Waals surface area contributed by atoms with Crippen LogP contribution in [0.25, 0.3) is 0 Å². The highest BCUT2D eigenvalue weighted by atomic mass is 32.2. The molecule has 3 aromatic rings. The second kappa shape index (κ2) is 8.93. The van der Waals surface area contributed by atoms with Crippen molar-refractivity contribution in [2.75, 3.05) is 0 Å². The number of carbonyl (C=O) groups excluding carboxylic acids is 1. The lowest BCUT2D eigenvalue weighted by molar-refractivity contribution is -0.120. The number of aromatic nitrogens is 2. The summed E-state index contributed by atoms with van der Waals surface area (Å²) in [6.07, 6.45) is 2.11. The lowest BCUT2D eigenvalue weighted by Crippen LogP contribution is -2.32. The second-order valence-electron chi connectivity index (χ2n) is 6.54. The Morgan fingerprint density at radius 1 is 1.25 bits per heavy atom. The highest BCUT2D eigenvalue weighted by Crippen LogP contribution is 2.21. The number of hydrogen-bond acceptors (Lipinski definition) is 5. The lowest BCUT2D eigenvalue weighted by Gasteiger charge is -2.15. The van der Waals surface area contributed by atoms with Gasteiger partial charge < -0.3 is 9.73 Å². The normalized spacial score (nSPS) is 12.0. The van der Waals surface area contributed by atoms with E-state index in [1.165, 1.54) is 16.3 Å². The van der Waals surface area contributed by atoms with Crippen molar-refractivity contribution >= 4 is 17.7 Å². The standard InChI is InChI=1S/C21H23N3O3S/c1-14-18(12-16-8-5-4-6-9-16)20(26)24(3)21(23-14)28-15(2)19(25)22-13-17-10-7-11-27-17/h4-11,15H,12-13H2,1-3H3,(H,22,25). The Morgan fingerprint density at radius 3 is 2.68 bits per heavy atom. The smallest absolute Gasteiger partial charge is 0.257 e. The van der Waals surface area contributed by atoms with Gasteiger partial charge in [0.2, 0.25) is 5.91 Å². The molecule has 1 unspecified atom stereocenters. The number of thioether (sulfide) groups is 1. The van der Waals surface area contributed by atoms with Gasteiger partial charge in [-0.25, -0.2) is 4.98 Å². The molecule has 1 N–H and O–H groups in total. The number of hydrogen-bond donors (Lipinski definition) is 1. The van der Waals surface area contributed by atoms with Crippen molar-refractivity contribution in [2.45, 2.75) is 37.2 Å². The summed E-state index contributed by atoms with van der Waals surface area (Å²) < 4.78 is 6.74. The van der Waals surface area contributed by atoms with Gasteiger partial charge in [0.25, 0.3) is 5.56 Å². The molecule has 146 valence electrons. The Bertz CT molecular complexity index is 998. The average Bonchev–Trinajstić information content (AvgIpc) is 3.21. The van der Waals surface area contributed by atoms with Crippen LogP contribution < -0.4 is 10.9 Å². The van der Waals surface area contributed by atoms with E-state index in [0.717, 1.165) is 5.56 Å². The molecule has 0 aliphatic rings. The minimum Gasteiger partial charge on any atom is -0.467 e. The van der Waals surface area contributed by atoms with Gasteiger partial charge in [0.15, 0.2) is 5.16 Å². The van der Waals surface area contributed by atoms with Crippen LogP contribution in [0.3, 0.4) is 0 Å². The molecular formula is C21H23N3O3S. The zero-order chi connectivity index (χ0) is 20.1. The van der Waals surface area contributed by atoms with Crippen molar-refractivity contribution in [2.24, 2.45) is 7.05 Å². The Balaban J connectivity index is 1.71. The van der Waals surface area contributed by atoms with Crippen LogP contribution in [0.1, 0.15) is 29.5 Å². The first-order valence-corrected chi connectivity index (χ1v) is 9.91. The predicted molar refractivity (Wildman–Crippen MR) is 109 cm³/mol. The molecule has 2 heterocycles. The van der Waals surface area contributed by atoms with Gasteiger partial charge in [-0.1, -0.05) is 42.1 Å².